The first-order valence-corrected chi connectivity index (χ1v) is 7.43. The van der Waals surface area contributed by atoms with Crippen molar-refractivity contribution in [3.63, 3.8) is 0 Å². The molecule has 2 nitrogen and oxygen atoms in total. The van der Waals surface area contributed by atoms with E-state index in [1.165, 1.54) is 50.9 Å². The van der Waals surface area contributed by atoms with Crippen molar-refractivity contribution in [2.45, 2.75) is 32.1 Å². The van der Waals surface area contributed by atoms with E-state index in [0.29, 0.717) is 0 Å². The maximum atomic E-state index is 3.54. The summed E-state index contributed by atoms with van der Waals surface area (Å²) in [5.41, 5.74) is 1.24. The van der Waals surface area contributed by atoms with Gasteiger partial charge in [0.15, 0.2) is 0 Å². The number of likely N-dealkylation sites (tertiary alicyclic amines) is 1. The third-order valence-electron chi connectivity index (χ3n) is 4.66. The van der Waals surface area contributed by atoms with Crippen LogP contribution < -0.4 is 5.32 Å². The third kappa shape index (κ3) is 2.86. The molecule has 1 aromatic carbocycles. The highest BCUT2D eigenvalue weighted by atomic mass is 15.2. The maximum Gasteiger partial charge on any atom is 0.0678 e. The summed E-state index contributed by atoms with van der Waals surface area (Å²) in [6.45, 7) is 3.60. The number of benzene rings is 1. The van der Waals surface area contributed by atoms with Crippen LogP contribution in [0.4, 0.5) is 5.69 Å². The Hall–Kier alpha value is -1.02. The zero-order valence-electron chi connectivity index (χ0n) is 11.1. The van der Waals surface area contributed by atoms with Crippen LogP contribution in [0.25, 0.3) is 0 Å². The van der Waals surface area contributed by atoms with Gasteiger partial charge in [-0.15, -0.1) is 0 Å². The Balaban J connectivity index is 1.49. The minimum Gasteiger partial charge on any atom is -0.372 e. The summed E-state index contributed by atoms with van der Waals surface area (Å²) < 4.78 is 0. The highest BCUT2D eigenvalue weighted by Crippen LogP contribution is 2.35. The van der Waals surface area contributed by atoms with Crippen LogP contribution in [0.3, 0.4) is 0 Å². The first kappa shape index (κ1) is 12.0. The Bertz CT molecular complexity index is 363. The molecule has 2 aliphatic rings. The quantitative estimate of drug-likeness (QED) is 0.874. The van der Waals surface area contributed by atoms with Crippen molar-refractivity contribution in [2.24, 2.45) is 11.8 Å². The van der Waals surface area contributed by atoms with E-state index < -0.39 is 0 Å². The Kier molecular flexibility index (Phi) is 3.84. The summed E-state index contributed by atoms with van der Waals surface area (Å²) in [5.74, 6) is 2.01. The van der Waals surface area contributed by atoms with Crippen molar-refractivity contribution in [3.05, 3.63) is 30.3 Å². The van der Waals surface area contributed by atoms with Crippen LogP contribution in [0.2, 0.25) is 0 Å². The van der Waals surface area contributed by atoms with Crippen LogP contribution in [0.15, 0.2) is 30.3 Å². The fourth-order valence-corrected chi connectivity index (χ4v) is 3.58. The lowest BCUT2D eigenvalue weighted by molar-refractivity contribution is 0.0922. The van der Waals surface area contributed by atoms with Gasteiger partial charge in [-0.05, 0) is 36.8 Å². The van der Waals surface area contributed by atoms with E-state index in [1.54, 1.807) is 0 Å². The monoisotopic (exact) mass is 244 g/mol. The molecule has 3 rings (SSSR count). The average Bonchev–Trinajstić information content (AvgIpc) is 2.46. The molecule has 1 aromatic rings. The van der Waals surface area contributed by atoms with Gasteiger partial charge in [0.05, 0.1) is 6.67 Å². The Morgan fingerprint density at radius 2 is 1.78 bits per heavy atom. The fraction of sp³-hybridized carbons (Fsp3) is 0.625. The molecule has 1 saturated carbocycles. The molecule has 1 saturated heterocycles. The summed E-state index contributed by atoms with van der Waals surface area (Å²) in [6, 6.07) is 10.5. The van der Waals surface area contributed by atoms with Gasteiger partial charge < -0.3 is 5.32 Å². The van der Waals surface area contributed by atoms with Crippen LogP contribution in [0, 0.1) is 11.8 Å². The summed E-state index contributed by atoms with van der Waals surface area (Å²) in [7, 11) is 0. The van der Waals surface area contributed by atoms with Crippen molar-refractivity contribution in [1.29, 1.82) is 0 Å². The lowest BCUT2D eigenvalue weighted by atomic mass is 9.75. The van der Waals surface area contributed by atoms with Crippen molar-refractivity contribution in [2.75, 3.05) is 25.1 Å². The van der Waals surface area contributed by atoms with Crippen molar-refractivity contribution in [1.82, 2.24) is 4.90 Å². The molecule has 0 amide bonds. The number of nitrogens with one attached hydrogen (secondary N) is 1. The maximum absolute atomic E-state index is 3.54. The van der Waals surface area contributed by atoms with Gasteiger partial charge in [-0.25, -0.2) is 0 Å². The number of para-hydroxylation sites is 1. The molecule has 2 fully saturated rings. The van der Waals surface area contributed by atoms with Crippen LogP contribution in [0.1, 0.15) is 32.1 Å². The van der Waals surface area contributed by atoms with E-state index in [4.69, 9.17) is 0 Å². The molecule has 0 spiro atoms. The van der Waals surface area contributed by atoms with Gasteiger partial charge in [0.25, 0.3) is 0 Å². The Morgan fingerprint density at radius 1 is 1.00 bits per heavy atom. The number of rotatable bonds is 3. The molecule has 2 heteroatoms. The molecular formula is C16H24N2. The smallest absolute Gasteiger partial charge is 0.0678 e. The van der Waals surface area contributed by atoms with E-state index >= 15 is 0 Å². The van der Waals surface area contributed by atoms with Gasteiger partial charge in [0, 0.05) is 18.8 Å². The summed E-state index contributed by atoms with van der Waals surface area (Å²) >= 11 is 0. The summed E-state index contributed by atoms with van der Waals surface area (Å²) in [4.78, 5) is 2.60. The summed E-state index contributed by atoms with van der Waals surface area (Å²) in [5, 5.41) is 3.54. The minimum atomic E-state index is 0.977. The predicted octanol–water partition coefficient (Wildman–Crippen LogP) is 3.57. The van der Waals surface area contributed by atoms with E-state index in [1.807, 2.05) is 0 Å². The normalized spacial score (nSPS) is 28.7. The highest BCUT2D eigenvalue weighted by Gasteiger charge is 2.30. The molecule has 1 heterocycles. The van der Waals surface area contributed by atoms with Crippen LogP contribution >= 0.6 is 0 Å². The van der Waals surface area contributed by atoms with E-state index in [9.17, 15) is 0 Å². The molecule has 1 aliphatic heterocycles. The Labute approximate surface area is 110 Å². The number of hydrogen-bond donors (Lipinski definition) is 1. The second kappa shape index (κ2) is 5.75. The molecular weight excluding hydrogens is 220 g/mol. The van der Waals surface area contributed by atoms with Crippen molar-refractivity contribution < 1.29 is 0 Å². The number of anilines is 1. The van der Waals surface area contributed by atoms with E-state index in [0.717, 1.165) is 18.5 Å². The largest absolute Gasteiger partial charge is 0.372 e. The van der Waals surface area contributed by atoms with Crippen molar-refractivity contribution in [3.8, 4) is 0 Å². The van der Waals surface area contributed by atoms with Gasteiger partial charge in [0.2, 0.25) is 0 Å². The molecule has 18 heavy (non-hydrogen) atoms. The third-order valence-corrected chi connectivity index (χ3v) is 4.66. The van der Waals surface area contributed by atoms with Crippen LogP contribution in [-0.4, -0.2) is 24.7 Å². The molecule has 2 atom stereocenters. The van der Waals surface area contributed by atoms with Gasteiger partial charge in [-0.2, -0.15) is 0 Å². The topological polar surface area (TPSA) is 15.3 Å². The van der Waals surface area contributed by atoms with Gasteiger partial charge in [-0.3, -0.25) is 4.90 Å². The molecule has 2 unspecified atom stereocenters. The predicted molar refractivity (Wildman–Crippen MR) is 76.6 cm³/mol. The van der Waals surface area contributed by atoms with Gasteiger partial charge in [0.1, 0.15) is 0 Å². The van der Waals surface area contributed by atoms with Gasteiger partial charge in [-0.1, -0.05) is 37.5 Å². The number of nitrogens with zero attached hydrogens (tertiary/aromatic N) is 1. The standard InChI is InChI=1S/C16H24N2/c1-2-8-16(9-3-1)17-13-18-11-10-14-6-4-5-7-15(14)12-18/h1-3,8-9,14-15,17H,4-7,10-13H2. The SMILES string of the molecule is c1ccc(NCN2CCC3CCCCC3C2)cc1. The number of hydrogen-bond acceptors (Lipinski definition) is 2. The second-order valence-electron chi connectivity index (χ2n) is 5.87. The highest BCUT2D eigenvalue weighted by molar-refractivity contribution is 5.42. The van der Waals surface area contributed by atoms with E-state index in [2.05, 4.69) is 40.5 Å². The minimum absolute atomic E-state index is 0.977. The van der Waals surface area contributed by atoms with Gasteiger partial charge >= 0.3 is 0 Å². The number of piperidine rings is 1. The second-order valence-corrected chi connectivity index (χ2v) is 5.87. The first-order chi connectivity index (χ1) is 8.92. The molecule has 1 N–H and O–H groups in total. The Morgan fingerprint density at radius 3 is 2.61 bits per heavy atom. The zero-order chi connectivity index (χ0) is 12.2. The lowest BCUT2D eigenvalue weighted by Gasteiger charge is -2.41. The fourth-order valence-electron chi connectivity index (χ4n) is 3.58. The molecule has 0 aromatic heterocycles. The number of fused-ring (bicyclic) bond motifs is 1. The summed E-state index contributed by atoms with van der Waals surface area (Å²) in [6.07, 6.45) is 7.31. The average molecular weight is 244 g/mol. The van der Waals surface area contributed by atoms with Crippen molar-refractivity contribution >= 4 is 5.69 Å². The molecule has 98 valence electrons. The van der Waals surface area contributed by atoms with E-state index in [-0.39, 0.29) is 0 Å². The van der Waals surface area contributed by atoms with Crippen LogP contribution in [0.5, 0.6) is 0 Å². The molecule has 1 aliphatic carbocycles. The van der Waals surface area contributed by atoms with Crippen LogP contribution in [-0.2, 0) is 0 Å². The lowest BCUT2D eigenvalue weighted by Crippen LogP contribution is -2.43. The first-order valence-electron chi connectivity index (χ1n) is 7.43. The molecule has 0 radical (unpaired) electrons. The zero-order valence-corrected chi connectivity index (χ0v) is 11.1. The molecule has 0 bridgehead atoms.